The van der Waals surface area contributed by atoms with E-state index in [0.29, 0.717) is 5.69 Å². The number of benzene rings is 2. The Labute approximate surface area is 181 Å². The van der Waals surface area contributed by atoms with Crippen LogP contribution >= 0.6 is 12.2 Å². The minimum Gasteiger partial charge on any atom is -0.867 e. The maximum Gasteiger partial charge on any atom is 0.387 e. The number of nitro benzene ring substituents is 1. The van der Waals surface area contributed by atoms with Gasteiger partial charge < -0.3 is 15.2 Å². The first-order valence-electron chi connectivity index (χ1n) is 8.84. The first kappa shape index (κ1) is 21.8. The monoisotopic (exact) mass is 443 g/mol. The molecule has 1 aromatic heterocycles. The second kappa shape index (κ2) is 9.72. The highest BCUT2D eigenvalue weighted by atomic mass is 32.1. The number of ether oxygens (including phenoxy) is 1. The third-order valence-corrected chi connectivity index (χ3v) is 4.38. The lowest BCUT2D eigenvalue weighted by Crippen LogP contribution is -2.39. The Bertz CT molecular complexity index is 1110. The van der Waals surface area contributed by atoms with Crippen molar-refractivity contribution < 1.29 is 28.1 Å². The van der Waals surface area contributed by atoms with Crippen molar-refractivity contribution in [2.45, 2.75) is 6.61 Å². The fourth-order valence-electron chi connectivity index (χ4n) is 2.67. The minimum absolute atomic E-state index is 0.0185. The van der Waals surface area contributed by atoms with E-state index in [0.717, 1.165) is 0 Å². The molecule has 1 N–H and O–H groups in total. The van der Waals surface area contributed by atoms with Gasteiger partial charge in [0, 0.05) is 30.0 Å². The van der Waals surface area contributed by atoms with Crippen LogP contribution in [0, 0.1) is 10.1 Å². The molecule has 31 heavy (non-hydrogen) atoms. The lowest BCUT2D eigenvalue weighted by atomic mass is 10.1. The number of hydrogen-bond donors (Lipinski definition) is 1. The molecular formula is C21H15F2N3O4S. The van der Waals surface area contributed by atoms with Crippen molar-refractivity contribution >= 4 is 40.0 Å². The molecule has 3 aromatic rings. The standard InChI is InChI=1S/C21H15F2N3O4S/c22-21(23)30-17-10-6-15(7-11-17)24-20(31)18(25-12-2-1-3-13-25)19(27)14-4-8-16(9-5-14)26(28)29/h1-13,21H,(H-,24,27,31). The molecule has 0 aliphatic carbocycles. The summed E-state index contributed by atoms with van der Waals surface area (Å²) in [5, 5.41) is 26.9. The van der Waals surface area contributed by atoms with Crippen LogP contribution in [-0.4, -0.2) is 16.5 Å². The number of anilines is 1. The van der Waals surface area contributed by atoms with Gasteiger partial charge in [0.1, 0.15) is 5.75 Å². The highest BCUT2D eigenvalue weighted by molar-refractivity contribution is 7.81. The Kier molecular flexibility index (Phi) is 6.83. The van der Waals surface area contributed by atoms with E-state index in [1.807, 2.05) is 0 Å². The Hall–Kier alpha value is -3.92. The Balaban J connectivity index is 1.94. The van der Waals surface area contributed by atoms with E-state index in [2.05, 4.69) is 10.1 Å². The van der Waals surface area contributed by atoms with E-state index in [1.54, 1.807) is 30.6 Å². The van der Waals surface area contributed by atoms with E-state index in [9.17, 15) is 24.0 Å². The molecule has 0 aliphatic rings. The number of aromatic nitrogens is 1. The number of halogens is 2. The van der Waals surface area contributed by atoms with Crippen molar-refractivity contribution in [3.8, 4) is 5.75 Å². The highest BCUT2D eigenvalue weighted by Crippen LogP contribution is 2.21. The van der Waals surface area contributed by atoms with Crippen LogP contribution in [0.15, 0.2) is 79.1 Å². The third kappa shape index (κ3) is 5.58. The zero-order chi connectivity index (χ0) is 22.4. The lowest BCUT2D eigenvalue weighted by Gasteiger charge is -2.17. The molecule has 3 rings (SSSR count). The second-order valence-corrected chi connectivity index (χ2v) is 6.53. The van der Waals surface area contributed by atoms with Crippen LogP contribution in [0.1, 0.15) is 5.56 Å². The predicted octanol–water partition coefficient (Wildman–Crippen LogP) is 3.61. The van der Waals surface area contributed by atoms with E-state index in [-0.39, 0.29) is 27.7 Å². The van der Waals surface area contributed by atoms with Crippen LogP contribution in [0.4, 0.5) is 20.2 Å². The number of rotatable bonds is 7. The second-order valence-electron chi connectivity index (χ2n) is 6.12. The summed E-state index contributed by atoms with van der Waals surface area (Å²) in [4.78, 5) is 10.4. The number of non-ortho nitro benzene ring substituents is 1. The van der Waals surface area contributed by atoms with Gasteiger partial charge in [0.05, 0.1) is 4.92 Å². The van der Waals surface area contributed by atoms with Crippen molar-refractivity contribution in [2.75, 3.05) is 5.32 Å². The zero-order valence-electron chi connectivity index (χ0n) is 15.8. The predicted molar refractivity (Wildman–Crippen MR) is 112 cm³/mol. The summed E-state index contributed by atoms with van der Waals surface area (Å²) in [6.07, 6.45) is 3.26. The van der Waals surface area contributed by atoms with E-state index >= 15 is 0 Å². The van der Waals surface area contributed by atoms with Crippen LogP contribution < -0.4 is 19.7 Å². The summed E-state index contributed by atoms with van der Waals surface area (Å²) in [6.45, 7) is -2.94. The molecule has 7 nitrogen and oxygen atoms in total. The third-order valence-electron chi connectivity index (χ3n) is 4.08. The van der Waals surface area contributed by atoms with Gasteiger partial charge in [-0.25, -0.2) is 0 Å². The van der Waals surface area contributed by atoms with Crippen molar-refractivity contribution in [2.24, 2.45) is 0 Å². The smallest absolute Gasteiger partial charge is 0.387 e. The summed E-state index contributed by atoms with van der Waals surface area (Å²) in [5.74, 6) is -0.476. The topological polar surface area (TPSA) is 91.3 Å². The summed E-state index contributed by atoms with van der Waals surface area (Å²) in [6, 6.07) is 16.0. The molecule has 0 bridgehead atoms. The van der Waals surface area contributed by atoms with E-state index < -0.39 is 17.3 Å². The fraction of sp³-hybridized carbons (Fsp3) is 0.0476. The average molecular weight is 443 g/mol. The van der Waals surface area contributed by atoms with Gasteiger partial charge >= 0.3 is 6.61 Å². The largest absolute Gasteiger partial charge is 0.867 e. The Morgan fingerprint density at radius 1 is 1.03 bits per heavy atom. The average Bonchev–Trinajstić information content (AvgIpc) is 2.75. The molecular weight excluding hydrogens is 428 g/mol. The highest BCUT2D eigenvalue weighted by Gasteiger charge is 2.19. The van der Waals surface area contributed by atoms with Crippen molar-refractivity contribution in [1.29, 1.82) is 0 Å². The molecule has 158 valence electrons. The van der Waals surface area contributed by atoms with Crippen LogP contribution in [-0.2, 0) is 0 Å². The molecule has 0 atom stereocenters. The summed E-state index contributed by atoms with van der Waals surface area (Å²) in [7, 11) is 0. The molecule has 2 aromatic carbocycles. The normalized spacial score (nSPS) is 11.6. The first-order chi connectivity index (χ1) is 14.8. The summed E-state index contributed by atoms with van der Waals surface area (Å²) >= 11 is 5.44. The van der Waals surface area contributed by atoms with Crippen LogP contribution in [0.25, 0.3) is 11.5 Å². The van der Waals surface area contributed by atoms with Crippen molar-refractivity contribution in [1.82, 2.24) is 0 Å². The number of nitrogens with one attached hydrogen (secondary N) is 1. The number of hydrogen-bond acceptors (Lipinski definition) is 5. The molecule has 0 fully saturated rings. The number of nitro groups is 1. The van der Waals surface area contributed by atoms with E-state index in [1.165, 1.54) is 53.1 Å². The molecule has 10 heteroatoms. The van der Waals surface area contributed by atoms with Gasteiger partial charge in [0.2, 0.25) is 5.70 Å². The summed E-state index contributed by atoms with van der Waals surface area (Å²) in [5.41, 5.74) is 0.633. The number of pyridine rings is 1. The van der Waals surface area contributed by atoms with Crippen LogP contribution in [0.2, 0.25) is 0 Å². The van der Waals surface area contributed by atoms with Crippen LogP contribution in [0.5, 0.6) is 5.75 Å². The lowest BCUT2D eigenvalue weighted by molar-refractivity contribution is -0.577. The molecule has 0 aliphatic heterocycles. The molecule has 1 heterocycles. The van der Waals surface area contributed by atoms with Gasteiger partial charge in [-0.15, -0.1) is 0 Å². The Morgan fingerprint density at radius 2 is 1.65 bits per heavy atom. The molecule has 0 spiro atoms. The van der Waals surface area contributed by atoms with Gasteiger partial charge in [-0.1, -0.05) is 18.3 Å². The number of alkyl halides is 2. The van der Waals surface area contributed by atoms with E-state index in [4.69, 9.17) is 12.2 Å². The molecule has 0 saturated heterocycles. The van der Waals surface area contributed by atoms with Gasteiger partial charge in [-0.3, -0.25) is 10.1 Å². The molecule has 0 saturated carbocycles. The number of thiocarbonyl (C=S) groups is 1. The fourth-order valence-corrected chi connectivity index (χ4v) is 2.98. The van der Waals surface area contributed by atoms with Gasteiger partial charge in [-0.05, 0) is 47.7 Å². The van der Waals surface area contributed by atoms with Crippen LogP contribution in [0.3, 0.4) is 0 Å². The maximum atomic E-state index is 13.2. The first-order valence-corrected chi connectivity index (χ1v) is 9.25. The molecule has 0 radical (unpaired) electrons. The van der Waals surface area contributed by atoms with Gasteiger partial charge in [0.25, 0.3) is 5.69 Å². The molecule has 0 amide bonds. The quantitative estimate of drug-likeness (QED) is 0.150. The van der Waals surface area contributed by atoms with Crippen molar-refractivity contribution in [3.63, 3.8) is 0 Å². The molecule has 0 unspecified atom stereocenters. The minimum atomic E-state index is -2.94. The van der Waals surface area contributed by atoms with Gasteiger partial charge in [-0.2, -0.15) is 13.3 Å². The zero-order valence-corrected chi connectivity index (χ0v) is 16.6. The SMILES string of the molecule is O=[N+]([O-])c1ccc(/C([O-])=C(/C(=S)Nc2ccc(OC(F)F)cc2)[n+]2ccccc2)cc1. The van der Waals surface area contributed by atoms with Gasteiger partial charge in [0.15, 0.2) is 17.4 Å². The van der Waals surface area contributed by atoms with Crippen molar-refractivity contribution in [3.05, 3.63) is 94.8 Å². The maximum absolute atomic E-state index is 13.2. The Morgan fingerprint density at radius 3 is 2.19 bits per heavy atom. The summed E-state index contributed by atoms with van der Waals surface area (Å²) < 4.78 is 30.4. The number of nitrogens with zero attached hydrogens (tertiary/aromatic N) is 2.